The maximum atomic E-state index is 12.5. The smallest absolute Gasteiger partial charge is 0.264 e. The van der Waals surface area contributed by atoms with Gasteiger partial charge in [-0.2, -0.15) is 0 Å². The monoisotopic (exact) mass is 291 g/mol. The van der Waals surface area contributed by atoms with Crippen LogP contribution in [0.15, 0.2) is 53.4 Å². The highest BCUT2D eigenvalue weighted by molar-refractivity contribution is 7.92. The van der Waals surface area contributed by atoms with Gasteiger partial charge in [-0.1, -0.05) is 19.1 Å². The molecule has 0 radical (unpaired) electrons. The fourth-order valence-electron chi connectivity index (χ4n) is 1.86. The molecule has 0 aliphatic carbocycles. The quantitative estimate of drug-likeness (QED) is 0.942. The lowest BCUT2D eigenvalue weighted by Crippen LogP contribution is -2.26. The van der Waals surface area contributed by atoms with E-state index in [1.807, 2.05) is 19.1 Å². The van der Waals surface area contributed by atoms with Gasteiger partial charge in [-0.3, -0.25) is 4.31 Å². The first-order valence-corrected chi connectivity index (χ1v) is 7.76. The molecule has 0 saturated heterocycles. The molecule has 0 spiro atoms. The molecule has 20 heavy (non-hydrogen) atoms. The molecule has 4 nitrogen and oxygen atoms in total. The zero-order valence-corrected chi connectivity index (χ0v) is 12.3. The summed E-state index contributed by atoms with van der Waals surface area (Å²) < 4.78 is 26.2. The number of aryl methyl sites for hydroxylation is 1. The fourth-order valence-corrected chi connectivity index (χ4v) is 3.05. The van der Waals surface area contributed by atoms with Crippen LogP contribution < -0.4 is 4.31 Å². The Morgan fingerprint density at radius 2 is 1.55 bits per heavy atom. The minimum atomic E-state index is -3.58. The lowest BCUT2D eigenvalue weighted by molar-refractivity contribution is 0.475. The minimum absolute atomic E-state index is 0.104. The van der Waals surface area contributed by atoms with Crippen molar-refractivity contribution in [3.8, 4) is 5.75 Å². The maximum absolute atomic E-state index is 12.5. The first-order chi connectivity index (χ1) is 9.45. The molecule has 1 N–H and O–H groups in total. The first kappa shape index (κ1) is 14.4. The second kappa shape index (κ2) is 5.54. The molecule has 0 heterocycles. The van der Waals surface area contributed by atoms with Gasteiger partial charge in [0.15, 0.2) is 0 Å². The summed E-state index contributed by atoms with van der Waals surface area (Å²) in [4.78, 5) is 0.255. The van der Waals surface area contributed by atoms with Crippen molar-refractivity contribution < 1.29 is 13.5 Å². The van der Waals surface area contributed by atoms with E-state index in [-0.39, 0.29) is 10.6 Å². The molecule has 2 aromatic carbocycles. The van der Waals surface area contributed by atoms with Crippen molar-refractivity contribution in [2.24, 2.45) is 0 Å². The molecular formula is C15H17NO3S. The van der Waals surface area contributed by atoms with E-state index < -0.39 is 10.0 Å². The lowest BCUT2D eigenvalue weighted by Gasteiger charge is -2.19. The Kier molecular flexibility index (Phi) is 3.99. The normalized spacial score (nSPS) is 11.3. The number of aromatic hydroxyl groups is 1. The summed E-state index contributed by atoms with van der Waals surface area (Å²) in [5, 5.41) is 9.25. The SMILES string of the molecule is CCc1ccc(S(=O)(=O)N(C)c2ccc(O)cc2)cc1. The predicted molar refractivity (Wildman–Crippen MR) is 79.5 cm³/mol. The summed E-state index contributed by atoms with van der Waals surface area (Å²) in [6.07, 6.45) is 0.869. The minimum Gasteiger partial charge on any atom is -0.508 e. The van der Waals surface area contributed by atoms with Gasteiger partial charge in [0.05, 0.1) is 10.6 Å². The van der Waals surface area contributed by atoms with Gasteiger partial charge in [-0.05, 0) is 48.4 Å². The van der Waals surface area contributed by atoms with Gasteiger partial charge >= 0.3 is 0 Å². The van der Waals surface area contributed by atoms with Crippen LogP contribution in [0.1, 0.15) is 12.5 Å². The van der Waals surface area contributed by atoms with Crippen molar-refractivity contribution in [1.29, 1.82) is 0 Å². The van der Waals surface area contributed by atoms with Crippen LogP contribution in [0.3, 0.4) is 0 Å². The van der Waals surface area contributed by atoms with E-state index in [0.29, 0.717) is 5.69 Å². The number of nitrogens with zero attached hydrogens (tertiary/aromatic N) is 1. The Bertz CT molecular complexity index is 676. The van der Waals surface area contributed by atoms with Crippen LogP contribution in [0.4, 0.5) is 5.69 Å². The van der Waals surface area contributed by atoms with Crippen molar-refractivity contribution in [3.05, 3.63) is 54.1 Å². The summed E-state index contributed by atoms with van der Waals surface area (Å²) in [5.74, 6) is 0.104. The largest absolute Gasteiger partial charge is 0.508 e. The highest BCUT2D eigenvalue weighted by Gasteiger charge is 2.20. The average Bonchev–Trinajstić information content (AvgIpc) is 2.47. The highest BCUT2D eigenvalue weighted by Crippen LogP contribution is 2.24. The highest BCUT2D eigenvalue weighted by atomic mass is 32.2. The molecule has 0 fully saturated rings. The number of phenolic OH excluding ortho intramolecular Hbond substituents is 1. The van der Waals surface area contributed by atoms with Gasteiger partial charge in [0.25, 0.3) is 10.0 Å². The van der Waals surface area contributed by atoms with E-state index in [2.05, 4.69) is 0 Å². The fraction of sp³-hybridized carbons (Fsp3) is 0.200. The van der Waals surface area contributed by atoms with Crippen LogP contribution >= 0.6 is 0 Å². The summed E-state index contributed by atoms with van der Waals surface area (Å²) in [5.41, 5.74) is 1.60. The predicted octanol–water partition coefficient (Wildman–Crippen LogP) is 2.78. The first-order valence-electron chi connectivity index (χ1n) is 6.32. The molecule has 0 atom stereocenters. The second-order valence-corrected chi connectivity index (χ2v) is 6.46. The molecule has 0 bridgehead atoms. The van der Waals surface area contributed by atoms with Crippen molar-refractivity contribution >= 4 is 15.7 Å². The Balaban J connectivity index is 2.35. The summed E-state index contributed by atoms with van der Waals surface area (Å²) in [6, 6.07) is 12.9. The summed E-state index contributed by atoms with van der Waals surface area (Å²) in [6.45, 7) is 2.02. The van der Waals surface area contributed by atoms with Crippen LogP contribution in [-0.4, -0.2) is 20.6 Å². The second-order valence-electron chi connectivity index (χ2n) is 4.49. The molecule has 5 heteroatoms. The molecule has 0 aromatic heterocycles. The van der Waals surface area contributed by atoms with Gasteiger partial charge in [-0.25, -0.2) is 8.42 Å². The molecule has 2 rings (SSSR count). The summed E-state index contributed by atoms with van der Waals surface area (Å²) >= 11 is 0. The zero-order valence-electron chi connectivity index (χ0n) is 11.4. The number of sulfonamides is 1. The molecule has 106 valence electrons. The Morgan fingerprint density at radius 1 is 1.00 bits per heavy atom. The zero-order chi connectivity index (χ0) is 14.8. The van der Waals surface area contributed by atoms with Crippen molar-refractivity contribution in [1.82, 2.24) is 0 Å². The Labute approximate surface area is 119 Å². The van der Waals surface area contributed by atoms with E-state index >= 15 is 0 Å². The van der Waals surface area contributed by atoms with Crippen LogP contribution in [0.2, 0.25) is 0 Å². The third-order valence-corrected chi connectivity index (χ3v) is 5.00. The van der Waals surface area contributed by atoms with Crippen LogP contribution in [-0.2, 0) is 16.4 Å². The molecule has 0 amide bonds. The Hall–Kier alpha value is -2.01. The van der Waals surface area contributed by atoms with Crippen molar-refractivity contribution in [3.63, 3.8) is 0 Å². The molecule has 0 saturated carbocycles. The topological polar surface area (TPSA) is 57.6 Å². The van der Waals surface area contributed by atoms with Crippen molar-refractivity contribution in [2.45, 2.75) is 18.2 Å². The van der Waals surface area contributed by atoms with E-state index in [1.54, 1.807) is 24.3 Å². The maximum Gasteiger partial charge on any atom is 0.264 e. The standard InChI is InChI=1S/C15H17NO3S/c1-3-12-4-10-15(11-5-12)20(18,19)16(2)13-6-8-14(17)9-7-13/h4-11,17H,3H2,1-2H3. The van der Waals surface area contributed by atoms with Gasteiger partial charge in [0, 0.05) is 7.05 Å². The van der Waals surface area contributed by atoms with Gasteiger partial charge < -0.3 is 5.11 Å². The molecule has 2 aromatic rings. The van der Waals surface area contributed by atoms with E-state index in [4.69, 9.17) is 0 Å². The Morgan fingerprint density at radius 3 is 2.05 bits per heavy atom. The van der Waals surface area contributed by atoms with Gasteiger partial charge in [-0.15, -0.1) is 0 Å². The van der Waals surface area contributed by atoms with Gasteiger partial charge in [0.2, 0.25) is 0 Å². The third kappa shape index (κ3) is 2.77. The number of anilines is 1. The number of phenols is 1. The number of hydrogen-bond donors (Lipinski definition) is 1. The molecule has 0 aliphatic rings. The van der Waals surface area contributed by atoms with E-state index in [9.17, 15) is 13.5 Å². The van der Waals surface area contributed by atoms with Crippen LogP contribution in [0.5, 0.6) is 5.75 Å². The van der Waals surface area contributed by atoms with E-state index in [0.717, 1.165) is 12.0 Å². The van der Waals surface area contributed by atoms with Crippen LogP contribution in [0, 0.1) is 0 Å². The lowest BCUT2D eigenvalue weighted by atomic mass is 10.2. The number of benzene rings is 2. The van der Waals surface area contributed by atoms with Crippen molar-refractivity contribution in [2.75, 3.05) is 11.4 Å². The third-order valence-electron chi connectivity index (χ3n) is 3.20. The summed E-state index contributed by atoms with van der Waals surface area (Å²) in [7, 11) is -2.08. The number of rotatable bonds is 4. The number of hydrogen-bond acceptors (Lipinski definition) is 3. The van der Waals surface area contributed by atoms with Gasteiger partial charge in [0.1, 0.15) is 5.75 Å². The molecule has 0 unspecified atom stereocenters. The van der Waals surface area contributed by atoms with Crippen LogP contribution in [0.25, 0.3) is 0 Å². The van der Waals surface area contributed by atoms with E-state index in [1.165, 1.54) is 23.5 Å². The molecular weight excluding hydrogens is 274 g/mol. The average molecular weight is 291 g/mol. The molecule has 0 aliphatic heterocycles.